The Labute approximate surface area is 173 Å². The fraction of sp³-hybridized carbons (Fsp3) is 1.00. The van der Waals surface area contributed by atoms with Crippen molar-refractivity contribution in [3.05, 3.63) is 0 Å². The first-order chi connectivity index (χ1) is 13.2. The highest BCUT2D eigenvalue weighted by atomic mass is 16.3. The van der Waals surface area contributed by atoms with Gasteiger partial charge in [-0.2, -0.15) is 0 Å². The van der Waals surface area contributed by atoms with Crippen LogP contribution in [0, 0.1) is 47.3 Å². The molecule has 28 heavy (non-hydrogen) atoms. The van der Waals surface area contributed by atoms with Gasteiger partial charge in [0.05, 0.1) is 17.8 Å². The Kier molecular flexibility index (Phi) is 7.20. The van der Waals surface area contributed by atoms with Crippen LogP contribution in [-0.4, -0.2) is 33.1 Å². The third kappa shape index (κ3) is 4.32. The molecule has 164 valence electrons. The number of rotatable bonds is 7. The van der Waals surface area contributed by atoms with Gasteiger partial charge in [-0.1, -0.05) is 40.5 Å². The van der Waals surface area contributed by atoms with Crippen molar-refractivity contribution in [1.82, 2.24) is 0 Å². The van der Waals surface area contributed by atoms with Crippen LogP contribution in [0.1, 0.15) is 92.4 Å². The van der Waals surface area contributed by atoms with E-state index in [0.29, 0.717) is 47.3 Å². The standard InChI is InChI=1S/C25H46O3/c1-6-18-17(13-21-19(15(3)4)8-9-23(21)26)14-24(27)20(18)12-16-10-11-25(5,28)22(16)7-2/h15-24,26-28H,6-14H2,1-5H3/t16?,17?,18-,19+,20+,21+,22-,23-,24+,25-/m1/s1. The molecule has 0 heterocycles. The molecular formula is C25H46O3. The van der Waals surface area contributed by atoms with Crippen LogP contribution < -0.4 is 0 Å². The molecule has 0 aromatic rings. The quantitative estimate of drug-likeness (QED) is 0.568. The third-order valence-corrected chi connectivity index (χ3v) is 9.34. The Bertz CT molecular complexity index is 502. The Balaban J connectivity index is 1.68. The smallest absolute Gasteiger partial charge is 0.0650 e. The molecule has 0 bridgehead atoms. The Morgan fingerprint density at radius 2 is 1.54 bits per heavy atom. The largest absolute Gasteiger partial charge is 0.393 e. The lowest BCUT2D eigenvalue weighted by molar-refractivity contribution is 0.000945. The van der Waals surface area contributed by atoms with Crippen LogP contribution in [0.15, 0.2) is 0 Å². The normalized spacial score (nSPS) is 49.4. The van der Waals surface area contributed by atoms with E-state index in [4.69, 9.17) is 0 Å². The van der Waals surface area contributed by atoms with Crippen molar-refractivity contribution < 1.29 is 15.3 Å². The summed E-state index contributed by atoms with van der Waals surface area (Å²) >= 11 is 0. The Morgan fingerprint density at radius 3 is 2.14 bits per heavy atom. The van der Waals surface area contributed by atoms with E-state index >= 15 is 0 Å². The van der Waals surface area contributed by atoms with Crippen molar-refractivity contribution >= 4 is 0 Å². The number of aliphatic hydroxyl groups is 3. The van der Waals surface area contributed by atoms with E-state index in [0.717, 1.165) is 57.8 Å². The van der Waals surface area contributed by atoms with E-state index in [2.05, 4.69) is 27.7 Å². The molecule has 3 aliphatic carbocycles. The molecule has 0 spiro atoms. The highest BCUT2D eigenvalue weighted by Crippen LogP contribution is 2.52. The SMILES string of the molecule is CC[C@@H]1C(C[C@@H]2[C@H](O)CC[C@H]2C(C)C)C[C@H](O)[C@H]1CC1CC[C@@](C)(O)[C@@H]1CC. The van der Waals surface area contributed by atoms with Gasteiger partial charge in [0.15, 0.2) is 0 Å². The first-order valence-electron chi connectivity index (χ1n) is 12.3. The predicted octanol–water partition coefficient (Wildman–Crippen LogP) is 5.02. The van der Waals surface area contributed by atoms with Crippen LogP contribution in [0.25, 0.3) is 0 Å². The topological polar surface area (TPSA) is 60.7 Å². The lowest BCUT2D eigenvalue weighted by atomic mass is 9.73. The average Bonchev–Trinajstić information content (AvgIpc) is 3.23. The van der Waals surface area contributed by atoms with Crippen LogP contribution in [0.3, 0.4) is 0 Å². The summed E-state index contributed by atoms with van der Waals surface area (Å²) in [6, 6.07) is 0. The summed E-state index contributed by atoms with van der Waals surface area (Å²) in [5.74, 6) is 4.10. The molecule has 3 fully saturated rings. The monoisotopic (exact) mass is 394 g/mol. The van der Waals surface area contributed by atoms with Crippen LogP contribution >= 0.6 is 0 Å². The molecule has 3 N–H and O–H groups in total. The van der Waals surface area contributed by atoms with Gasteiger partial charge < -0.3 is 15.3 Å². The molecule has 3 nitrogen and oxygen atoms in total. The van der Waals surface area contributed by atoms with Crippen molar-refractivity contribution in [2.45, 2.75) is 110 Å². The summed E-state index contributed by atoms with van der Waals surface area (Å²) in [7, 11) is 0. The molecule has 0 aliphatic heterocycles. The second-order valence-electron chi connectivity index (χ2n) is 11.2. The van der Waals surface area contributed by atoms with Gasteiger partial charge in [0.2, 0.25) is 0 Å². The molecule has 0 saturated heterocycles. The van der Waals surface area contributed by atoms with Gasteiger partial charge in [0.1, 0.15) is 0 Å². The highest BCUT2D eigenvalue weighted by Gasteiger charge is 2.49. The van der Waals surface area contributed by atoms with E-state index in [1.807, 2.05) is 6.92 Å². The van der Waals surface area contributed by atoms with Gasteiger partial charge in [-0.05, 0) is 99.2 Å². The van der Waals surface area contributed by atoms with Crippen LogP contribution in [0.2, 0.25) is 0 Å². The second-order valence-corrected chi connectivity index (χ2v) is 11.2. The zero-order valence-corrected chi connectivity index (χ0v) is 19.0. The van der Waals surface area contributed by atoms with Crippen LogP contribution in [0.5, 0.6) is 0 Å². The van der Waals surface area contributed by atoms with E-state index in [-0.39, 0.29) is 12.2 Å². The average molecular weight is 395 g/mol. The van der Waals surface area contributed by atoms with Gasteiger partial charge in [-0.25, -0.2) is 0 Å². The molecule has 0 aromatic carbocycles. The fourth-order valence-corrected chi connectivity index (χ4v) is 7.90. The predicted molar refractivity (Wildman–Crippen MR) is 115 cm³/mol. The van der Waals surface area contributed by atoms with Gasteiger partial charge >= 0.3 is 0 Å². The lowest BCUT2D eigenvalue weighted by Crippen LogP contribution is -2.33. The van der Waals surface area contributed by atoms with Crippen molar-refractivity contribution in [3.8, 4) is 0 Å². The first kappa shape index (κ1) is 22.6. The zero-order chi connectivity index (χ0) is 20.6. The summed E-state index contributed by atoms with van der Waals surface area (Å²) in [5, 5.41) is 32.4. The Morgan fingerprint density at radius 1 is 0.857 bits per heavy atom. The summed E-state index contributed by atoms with van der Waals surface area (Å²) in [6.07, 6.45) is 9.03. The van der Waals surface area contributed by atoms with Gasteiger partial charge in [0, 0.05) is 0 Å². The fourth-order valence-electron chi connectivity index (χ4n) is 7.90. The van der Waals surface area contributed by atoms with Gasteiger partial charge in [-0.3, -0.25) is 0 Å². The minimum atomic E-state index is -0.525. The van der Waals surface area contributed by atoms with Gasteiger partial charge in [0.25, 0.3) is 0 Å². The number of hydrogen-bond donors (Lipinski definition) is 3. The van der Waals surface area contributed by atoms with Crippen molar-refractivity contribution in [2.24, 2.45) is 47.3 Å². The minimum Gasteiger partial charge on any atom is -0.393 e. The molecule has 0 aromatic heterocycles. The Hall–Kier alpha value is -0.120. The second kappa shape index (κ2) is 8.94. The number of hydrogen-bond acceptors (Lipinski definition) is 3. The zero-order valence-electron chi connectivity index (χ0n) is 19.0. The summed E-state index contributed by atoms with van der Waals surface area (Å²) in [6.45, 7) is 11.1. The summed E-state index contributed by atoms with van der Waals surface area (Å²) < 4.78 is 0. The highest BCUT2D eigenvalue weighted by molar-refractivity contribution is 4.99. The van der Waals surface area contributed by atoms with E-state index in [1.54, 1.807) is 0 Å². The molecule has 2 unspecified atom stereocenters. The molecule has 0 amide bonds. The van der Waals surface area contributed by atoms with Crippen LogP contribution in [-0.2, 0) is 0 Å². The molecule has 3 rings (SSSR count). The molecule has 0 radical (unpaired) electrons. The maximum absolute atomic E-state index is 11.0. The maximum atomic E-state index is 11.0. The minimum absolute atomic E-state index is 0.143. The number of aliphatic hydroxyl groups excluding tert-OH is 2. The van der Waals surface area contributed by atoms with Crippen LogP contribution in [0.4, 0.5) is 0 Å². The molecular weight excluding hydrogens is 348 g/mol. The van der Waals surface area contributed by atoms with Crippen molar-refractivity contribution in [3.63, 3.8) is 0 Å². The lowest BCUT2D eigenvalue weighted by Gasteiger charge is -2.33. The summed E-state index contributed by atoms with van der Waals surface area (Å²) in [4.78, 5) is 0. The van der Waals surface area contributed by atoms with E-state index < -0.39 is 5.60 Å². The summed E-state index contributed by atoms with van der Waals surface area (Å²) in [5.41, 5.74) is -0.525. The molecule has 3 heteroatoms. The molecule has 3 aliphatic rings. The van der Waals surface area contributed by atoms with Crippen molar-refractivity contribution in [2.75, 3.05) is 0 Å². The maximum Gasteiger partial charge on any atom is 0.0650 e. The molecule has 3 saturated carbocycles. The third-order valence-electron chi connectivity index (χ3n) is 9.34. The van der Waals surface area contributed by atoms with Crippen molar-refractivity contribution in [1.29, 1.82) is 0 Å². The van der Waals surface area contributed by atoms with E-state index in [1.165, 1.54) is 0 Å². The first-order valence-corrected chi connectivity index (χ1v) is 12.3. The molecule has 10 atom stereocenters. The van der Waals surface area contributed by atoms with Gasteiger partial charge in [-0.15, -0.1) is 0 Å². The van der Waals surface area contributed by atoms with E-state index in [9.17, 15) is 15.3 Å².